The second-order valence-corrected chi connectivity index (χ2v) is 6.28. The monoisotopic (exact) mass is 277 g/mol. The molecule has 2 atom stereocenters. The van der Waals surface area contributed by atoms with Crippen molar-refractivity contribution in [2.45, 2.75) is 58.7 Å². The highest BCUT2D eigenvalue weighted by molar-refractivity contribution is 5.67. The van der Waals surface area contributed by atoms with E-state index in [1.165, 1.54) is 25.8 Å². The van der Waals surface area contributed by atoms with Gasteiger partial charge in [0.2, 0.25) is 0 Å². The van der Waals surface area contributed by atoms with Gasteiger partial charge in [0.1, 0.15) is 0 Å². The minimum atomic E-state index is 0.507. The molecule has 2 aliphatic heterocycles. The number of anilines is 2. The fraction of sp³-hybridized carbons (Fsp3) is 0.800. The predicted octanol–water partition coefficient (Wildman–Crippen LogP) is 1.86. The van der Waals surface area contributed by atoms with E-state index < -0.39 is 0 Å². The molecule has 112 valence electrons. The van der Waals surface area contributed by atoms with Gasteiger partial charge in [-0.1, -0.05) is 6.42 Å². The number of nitrogens with two attached hydrogens (primary N) is 1. The van der Waals surface area contributed by atoms with Crippen LogP contribution in [0.1, 0.15) is 38.8 Å². The van der Waals surface area contributed by atoms with Crippen LogP contribution in [0.15, 0.2) is 0 Å². The standard InChI is InChI=1S/C15H27N5/c1-4-20-15(14(16)12(3)17-20)19-10-13-7-5-6-8-18(13)9-11(19)2/h11,13H,4-10,16H2,1-3H3. The summed E-state index contributed by atoms with van der Waals surface area (Å²) in [5.41, 5.74) is 8.12. The molecule has 20 heavy (non-hydrogen) atoms. The molecule has 3 rings (SSSR count). The molecule has 5 heteroatoms. The van der Waals surface area contributed by atoms with Gasteiger partial charge in [0.25, 0.3) is 0 Å². The third-order valence-electron chi connectivity index (χ3n) is 4.90. The molecule has 0 aromatic carbocycles. The summed E-state index contributed by atoms with van der Waals surface area (Å²) in [7, 11) is 0. The lowest BCUT2D eigenvalue weighted by Crippen LogP contribution is -2.59. The van der Waals surface area contributed by atoms with Gasteiger partial charge in [0.05, 0.1) is 11.4 Å². The summed E-state index contributed by atoms with van der Waals surface area (Å²) in [6, 6.07) is 1.20. The Morgan fingerprint density at radius 1 is 1.30 bits per heavy atom. The SMILES string of the molecule is CCn1nc(C)c(N)c1N1CC2CCCCN2CC1C. The average molecular weight is 277 g/mol. The molecule has 0 spiro atoms. The number of piperidine rings is 1. The van der Waals surface area contributed by atoms with Gasteiger partial charge in [0, 0.05) is 31.7 Å². The number of aromatic nitrogens is 2. The minimum absolute atomic E-state index is 0.507. The molecule has 5 nitrogen and oxygen atoms in total. The van der Waals surface area contributed by atoms with Crippen molar-refractivity contribution in [3.05, 3.63) is 5.69 Å². The number of aryl methyl sites for hydroxylation is 2. The Hall–Kier alpha value is -1.23. The van der Waals surface area contributed by atoms with Gasteiger partial charge in [0.15, 0.2) is 5.82 Å². The largest absolute Gasteiger partial charge is 0.394 e. The molecule has 0 saturated carbocycles. The predicted molar refractivity (Wildman–Crippen MR) is 83.1 cm³/mol. The first-order valence-corrected chi connectivity index (χ1v) is 7.95. The maximum atomic E-state index is 6.30. The molecule has 2 aliphatic rings. The van der Waals surface area contributed by atoms with Crippen LogP contribution in [0.25, 0.3) is 0 Å². The topological polar surface area (TPSA) is 50.3 Å². The number of fused-ring (bicyclic) bond motifs is 1. The van der Waals surface area contributed by atoms with E-state index in [9.17, 15) is 0 Å². The lowest BCUT2D eigenvalue weighted by molar-refractivity contribution is 0.115. The summed E-state index contributed by atoms with van der Waals surface area (Å²) in [6.45, 7) is 10.8. The van der Waals surface area contributed by atoms with Crippen molar-refractivity contribution >= 4 is 11.5 Å². The summed E-state index contributed by atoms with van der Waals surface area (Å²) >= 11 is 0. The van der Waals surface area contributed by atoms with Crippen molar-refractivity contribution in [3.8, 4) is 0 Å². The highest BCUT2D eigenvalue weighted by Crippen LogP contribution is 2.33. The molecule has 2 fully saturated rings. The highest BCUT2D eigenvalue weighted by atomic mass is 15.4. The lowest BCUT2D eigenvalue weighted by atomic mass is 9.97. The molecule has 2 N–H and O–H groups in total. The Balaban J connectivity index is 1.89. The van der Waals surface area contributed by atoms with Crippen LogP contribution in [0.5, 0.6) is 0 Å². The summed E-state index contributed by atoms with van der Waals surface area (Å²) < 4.78 is 2.07. The molecule has 1 aromatic rings. The smallest absolute Gasteiger partial charge is 0.150 e. The summed E-state index contributed by atoms with van der Waals surface area (Å²) in [5.74, 6) is 1.14. The zero-order chi connectivity index (χ0) is 14.3. The second-order valence-electron chi connectivity index (χ2n) is 6.28. The molecule has 0 bridgehead atoms. The molecule has 2 unspecified atom stereocenters. The number of piperazine rings is 1. The summed E-state index contributed by atoms with van der Waals surface area (Å²) in [4.78, 5) is 5.16. The number of nitrogens with zero attached hydrogens (tertiary/aromatic N) is 4. The maximum absolute atomic E-state index is 6.30. The maximum Gasteiger partial charge on any atom is 0.150 e. The van der Waals surface area contributed by atoms with E-state index in [4.69, 9.17) is 5.73 Å². The van der Waals surface area contributed by atoms with Gasteiger partial charge in [-0.3, -0.25) is 4.90 Å². The van der Waals surface area contributed by atoms with E-state index in [0.29, 0.717) is 12.1 Å². The van der Waals surface area contributed by atoms with Crippen LogP contribution < -0.4 is 10.6 Å². The first-order chi connectivity index (χ1) is 9.61. The number of hydrogen-bond donors (Lipinski definition) is 1. The van der Waals surface area contributed by atoms with Gasteiger partial charge in [-0.25, -0.2) is 4.68 Å². The van der Waals surface area contributed by atoms with Crippen LogP contribution in [-0.4, -0.2) is 46.4 Å². The summed E-state index contributed by atoms with van der Waals surface area (Å²) in [6.07, 6.45) is 4.05. The van der Waals surface area contributed by atoms with Gasteiger partial charge in [-0.2, -0.15) is 5.10 Å². The van der Waals surface area contributed by atoms with Crippen LogP contribution in [0.2, 0.25) is 0 Å². The lowest BCUT2D eigenvalue weighted by Gasteiger charge is -2.48. The van der Waals surface area contributed by atoms with Crippen molar-refractivity contribution in [2.75, 3.05) is 30.3 Å². The van der Waals surface area contributed by atoms with E-state index in [0.717, 1.165) is 36.8 Å². The quantitative estimate of drug-likeness (QED) is 0.896. The van der Waals surface area contributed by atoms with Crippen molar-refractivity contribution in [1.29, 1.82) is 0 Å². The van der Waals surface area contributed by atoms with Crippen molar-refractivity contribution < 1.29 is 0 Å². The van der Waals surface area contributed by atoms with Gasteiger partial charge in [-0.05, 0) is 40.2 Å². The number of nitrogen functional groups attached to an aromatic ring is 1. The van der Waals surface area contributed by atoms with Crippen LogP contribution in [0.4, 0.5) is 11.5 Å². The van der Waals surface area contributed by atoms with Crippen LogP contribution in [-0.2, 0) is 6.54 Å². The molecule has 0 aliphatic carbocycles. The van der Waals surface area contributed by atoms with Crippen molar-refractivity contribution in [2.24, 2.45) is 0 Å². The number of rotatable bonds is 2. The van der Waals surface area contributed by atoms with Crippen LogP contribution in [0.3, 0.4) is 0 Å². The summed E-state index contributed by atoms with van der Waals surface area (Å²) in [5, 5.41) is 4.58. The Labute approximate surface area is 121 Å². The zero-order valence-electron chi connectivity index (χ0n) is 13.0. The Bertz CT molecular complexity index is 481. The second kappa shape index (κ2) is 5.28. The van der Waals surface area contributed by atoms with Crippen LogP contribution in [0, 0.1) is 6.92 Å². The average Bonchev–Trinajstić information content (AvgIpc) is 2.73. The first kappa shape index (κ1) is 13.7. The Morgan fingerprint density at radius 3 is 2.85 bits per heavy atom. The normalized spacial score (nSPS) is 27.6. The fourth-order valence-corrected chi connectivity index (χ4v) is 3.75. The molecule has 3 heterocycles. The van der Waals surface area contributed by atoms with Gasteiger partial charge in [-0.15, -0.1) is 0 Å². The minimum Gasteiger partial charge on any atom is -0.394 e. The van der Waals surface area contributed by atoms with Gasteiger partial charge < -0.3 is 10.6 Å². The zero-order valence-corrected chi connectivity index (χ0v) is 13.0. The molecule has 0 amide bonds. The van der Waals surface area contributed by atoms with E-state index in [-0.39, 0.29) is 0 Å². The molecular formula is C15H27N5. The van der Waals surface area contributed by atoms with E-state index >= 15 is 0 Å². The molecule has 1 aromatic heterocycles. The Morgan fingerprint density at radius 2 is 2.10 bits per heavy atom. The van der Waals surface area contributed by atoms with E-state index in [1.807, 2.05) is 6.92 Å². The molecular weight excluding hydrogens is 250 g/mol. The Kier molecular flexibility index (Phi) is 3.63. The van der Waals surface area contributed by atoms with Crippen molar-refractivity contribution in [1.82, 2.24) is 14.7 Å². The molecule has 0 radical (unpaired) electrons. The highest BCUT2D eigenvalue weighted by Gasteiger charge is 2.35. The third-order valence-corrected chi connectivity index (χ3v) is 4.90. The third kappa shape index (κ3) is 2.18. The fourth-order valence-electron chi connectivity index (χ4n) is 3.75. The van der Waals surface area contributed by atoms with Gasteiger partial charge >= 0.3 is 0 Å². The number of hydrogen-bond acceptors (Lipinski definition) is 4. The molecule has 2 saturated heterocycles. The van der Waals surface area contributed by atoms with Crippen LogP contribution >= 0.6 is 0 Å². The van der Waals surface area contributed by atoms with E-state index in [2.05, 4.69) is 33.4 Å². The first-order valence-electron chi connectivity index (χ1n) is 7.95. The van der Waals surface area contributed by atoms with E-state index in [1.54, 1.807) is 0 Å². The van der Waals surface area contributed by atoms with Crippen molar-refractivity contribution in [3.63, 3.8) is 0 Å².